The Morgan fingerprint density at radius 3 is 2.20 bits per heavy atom. The minimum Gasteiger partial charge on any atom is -0.370 e. The molecule has 0 radical (unpaired) electrons. The Kier molecular flexibility index (Phi) is 36.5. The summed E-state index contributed by atoms with van der Waals surface area (Å²) in [6.45, 7) is 23.8. The number of nitrogens with two attached hydrogens (primary N) is 1. The normalized spacial score (nSPS) is 11.2. The topological polar surface area (TPSA) is 86.8 Å². The number of pyridine rings is 1. The third-order valence-electron chi connectivity index (χ3n) is 8.37. The van der Waals surface area contributed by atoms with Crippen LogP contribution in [-0.2, 0) is 6.42 Å². The molecule has 2 aromatic carbocycles. The van der Waals surface area contributed by atoms with Crippen LogP contribution in [0.1, 0.15) is 120 Å². The zero-order chi connectivity index (χ0) is 40.7. The molecule has 0 aliphatic heterocycles. The molecule has 1 atom stereocenters. The fourth-order valence-corrected chi connectivity index (χ4v) is 5.15. The fourth-order valence-electron chi connectivity index (χ4n) is 5.15. The van der Waals surface area contributed by atoms with Gasteiger partial charge in [-0.25, -0.2) is 4.98 Å². The van der Waals surface area contributed by atoms with E-state index in [1.54, 1.807) is 6.07 Å². The minimum atomic E-state index is 0.705. The number of unbranched alkanes of at least 4 members (excludes halogenated alkanes) is 6. The lowest BCUT2D eigenvalue weighted by molar-refractivity contribution is 0.509. The summed E-state index contributed by atoms with van der Waals surface area (Å²) in [5, 5.41) is 14.1. The van der Waals surface area contributed by atoms with Crippen molar-refractivity contribution in [2.75, 3.05) is 25.5 Å². The molecule has 5 nitrogen and oxygen atoms in total. The molecule has 1 aliphatic carbocycles. The van der Waals surface area contributed by atoms with Gasteiger partial charge in [0.05, 0.1) is 6.07 Å². The number of nitrogens with one attached hydrogen (secondary N) is 2. The van der Waals surface area contributed by atoms with Gasteiger partial charge in [0.25, 0.3) is 0 Å². The van der Waals surface area contributed by atoms with Gasteiger partial charge < -0.3 is 16.4 Å². The van der Waals surface area contributed by atoms with Crippen molar-refractivity contribution in [2.24, 2.45) is 5.73 Å². The second-order valence-corrected chi connectivity index (χ2v) is 12.9. The van der Waals surface area contributed by atoms with E-state index < -0.39 is 0 Å². The number of aromatic nitrogens is 1. The number of benzene rings is 2. The molecule has 1 aromatic heterocycles. The van der Waals surface area contributed by atoms with Crippen LogP contribution in [-0.4, -0.2) is 31.2 Å². The second kappa shape index (κ2) is 38.2. The number of aryl methyl sites for hydroxylation is 2. The maximum absolute atomic E-state index is 7.51. The van der Waals surface area contributed by atoms with Gasteiger partial charge in [0.15, 0.2) is 0 Å². The summed E-state index contributed by atoms with van der Waals surface area (Å²) in [6, 6.07) is 23.7. The van der Waals surface area contributed by atoms with E-state index in [-0.39, 0.29) is 0 Å². The molecule has 4 N–H and O–H groups in total. The van der Waals surface area contributed by atoms with Gasteiger partial charge >= 0.3 is 0 Å². The third kappa shape index (κ3) is 27.2. The lowest BCUT2D eigenvalue weighted by Gasteiger charge is -2.13. The Morgan fingerprint density at radius 1 is 0.944 bits per heavy atom. The lowest BCUT2D eigenvalue weighted by atomic mass is 9.91. The van der Waals surface area contributed by atoms with E-state index >= 15 is 0 Å². The van der Waals surface area contributed by atoms with Gasteiger partial charge in [-0.1, -0.05) is 138 Å². The number of allylic oxidation sites excluding steroid dienone is 6. The molecular weight excluding hydrogens is 659 g/mol. The molecule has 0 spiro atoms. The van der Waals surface area contributed by atoms with Crippen LogP contribution in [0.4, 0.5) is 5.82 Å². The van der Waals surface area contributed by atoms with E-state index in [9.17, 15) is 0 Å². The van der Waals surface area contributed by atoms with Crippen LogP contribution < -0.4 is 16.4 Å². The van der Waals surface area contributed by atoms with E-state index in [1.807, 2.05) is 19.3 Å². The Labute approximate surface area is 332 Å². The van der Waals surface area contributed by atoms with Crippen LogP contribution in [0.15, 0.2) is 123 Å². The number of hydrogen-bond donors (Lipinski definition) is 3. The monoisotopic (exact) mass is 734 g/mol. The van der Waals surface area contributed by atoms with E-state index in [0.29, 0.717) is 6.04 Å². The largest absolute Gasteiger partial charge is 0.370 e. The Morgan fingerprint density at radius 2 is 1.61 bits per heavy atom. The predicted molar refractivity (Wildman–Crippen MR) is 242 cm³/mol. The highest BCUT2D eigenvalue weighted by Crippen LogP contribution is 2.30. The summed E-state index contributed by atoms with van der Waals surface area (Å²) in [6.07, 6.45) is 28.1. The number of rotatable bonds is 15. The molecule has 296 valence electrons. The van der Waals surface area contributed by atoms with Crippen LogP contribution >= 0.6 is 0 Å². The van der Waals surface area contributed by atoms with Gasteiger partial charge in [-0.3, -0.25) is 0 Å². The summed E-state index contributed by atoms with van der Waals surface area (Å²) in [5.74, 6) is 0.977. The van der Waals surface area contributed by atoms with E-state index in [2.05, 4.69) is 162 Å². The molecule has 0 saturated heterocycles. The second-order valence-electron chi connectivity index (χ2n) is 12.9. The minimum absolute atomic E-state index is 0.705. The first-order valence-electron chi connectivity index (χ1n) is 20.0. The number of nitrogens with zero attached hydrogens (tertiary/aromatic N) is 2. The lowest BCUT2D eigenvalue weighted by Crippen LogP contribution is -2.20. The van der Waals surface area contributed by atoms with Gasteiger partial charge in [-0.15, -0.1) is 13.2 Å². The van der Waals surface area contributed by atoms with Gasteiger partial charge in [-0.05, 0) is 119 Å². The van der Waals surface area contributed by atoms with Crippen LogP contribution in [0.2, 0.25) is 0 Å². The number of nitriles is 1. The van der Waals surface area contributed by atoms with Gasteiger partial charge in [-0.2, -0.15) is 5.26 Å². The zero-order valence-electron chi connectivity index (χ0n) is 35.2. The van der Waals surface area contributed by atoms with Crippen molar-refractivity contribution >= 4 is 11.4 Å². The van der Waals surface area contributed by atoms with Crippen molar-refractivity contribution in [3.05, 3.63) is 151 Å². The maximum atomic E-state index is 7.51. The van der Waals surface area contributed by atoms with Crippen molar-refractivity contribution in [1.29, 1.82) is 5.26 Å². The Balaban J connectivity index is 0. The maximum Gasteiger partial charge on any atom is 0.126 e. The standard InChI is InChI=1S/C18H16.C12H18N2.C11H25N.C3H9N.C3H3N.C2H4/c1-14-8-7-13-18-16(14)11-5-6-12-17(18)15-9-3-2-4-10-15;1-3-4-5-6-8-13-12-10-11(2)7-9-14-12;1-4-5-6-7-8-9-10-11(2)12-3;2*1-2-3-4;1-2/h2-10,12-13H,11H2,1H3;3-4,7,9-10H,5-6,8H2,1-2H3,(H,13,14);11-12H,4-10H2,1-3H3;2-4H2,1H3;2H,1H2;1-2H2. The molecule has 1 unspecified atom stereocenters. The van der Waals surface area contributed by atoms with Crippen molar-refractivity contribution in [2.45, 2.75) is 118 Å². The summed E-state index contributed by atoms with van der Waals surface area (Å²) < 4.78 is 0. The first-order valence-corrected chi connectivity index (χ1v) is 20.0. The highest BCUT2D eigenvalue weighted by atomic mass is 15.0. The zero-order valence-corrected chi connectivity index (χ0v) is 35.2. The smallest absolute Gasteiger partial charge is 0.126 e. The first kappa shape index (κ1) is 51.6. The SMILES string of the molecule is C=C.C=CC#N.CC=CCCCNc1cc(C)ccn1.CCCCCCCCC(C)NC.CCCN.Cc1cccc2c1CC=CC=C2c1ccccc1. The van der Waals surface area contributed by atoms with Crippen molar-refractivity contribution in [3.63, 3.8) is 0 Å². The number of anilines is 1. The van der Waals surface area contributed by atoms with Crippen molar-refractivity contribution in [1.82, 2.24) is 10.3 Å². The summed E-state index contributed by atoms with van der Waals surface area (Å²) >= 11 is 0. The molecule has 0 amide bonds. The molecule has 54 heavy (non-hydrogen) atoms. The van der Waals surface area contributed by atoms with E-state index in [0.717, 1.165) is 44.6 Å². The van der Waals surface area contributed by atoms with Crippen molar-refractivity contribution < 1.29 is 0 Å². The average molecular weight is 734 g/mol. The van der Waals surface area contributed by atoms with Crippen molar-refractivity contribution in [3.8, 4) is 6.07 Å². The summed E-state index contributed by atoms with van der Waals surface area (Å²) in [5.41, 5.74) is 13.1. The molecule has 5 heteroatoms. The van der Waals surface area contributed by atoms with Gasteiger partial charge in [0.2, 0.25) is 0 Å². The quantitative estimate of drug-likeness (QED) is 0.0822. The van der Waals surface area contributed by atoms with Crippen LogP contribution in [0.5, 0.6) is 0 Å². The fraction of sp³-hybridized carbons (Fsp3) is 0.429. The summed E-state index contributed by atoms with van der Waals surface area (Å²) in [4.78, 5) is 4.23. The molecule has 1 heterocycles. The first-order chi connectivity index (χ1) is 26.3. The van der Waals surface area contributed by atoms with E-state index in [4.69, 9.17) is 11.0 Å². The molecule has 0 fully saturated rings. The average Bonchev–Trinajstić information content (AvgIpc) is 3.44. The molecule has 0 saturated carbocycles. The molecular formula is C49H75N5. The van der Waals surface area contributed by atoms with E-state index in [1.165, 1.54) is 84.4 Å². The Hall–Kier alpha value is -4.50. The number of hydrogen-bond acceptors (Lipinski definition) is 5. The van der Waals surface area contributed by atoms with Gasteiger partial charge in [0, 0.05) is 24.9 Å². The van der Waals surface area contributed by atoms with Crippen LogP contribution in [0.25, 0.3) is 5.57 Å². The predicted octanol–water partition coefficient (Wildman–Crippen LogP) is 12.9. The number of fused-ring (bicyclic) bond motifs is 1. The van der Waals surface area contributed by atoms with Crippen LogP contribution in [0, 0.1) is 25.2 Å². The van der Waals surface area contributed by atoms with Gasteiger partial charge in [0.1, 0.15) is 5.82 Å². The summed E-state index contributed by atoms with van der Waals surface area (Å²) in [7, 11) is 2.04. The van der Waals surface area contributed by atoms with Crippen LogP contribution in [0.3, 0.4) is 0 Å². The molecule has 1 aliphatic rings. The molecule has 0 bridgehead atoms. The molecule has 3 aromatic rings. The molecule has 4 rings (SSSR count). The highest BCUT2D eigenvalue weighted by molar-refractivity contribution is 5.83. The highest BCUT2D eigenvalue weighted by Gasteiger charge is 2.12. The Bertz CT molecular complexity index is 1450. The third-order valence-corrected chi connectivity index (χ3v) is 8.37.